The van der Waals surface area contributed by atoms with Crippen LogP contribution in [0.15, 0.2) is 34.9 Å². The highest BCUT2D eigenvalue weighted by molar-refractivity contribution is 6.32. The van der Waals surface area contributed by atoms with Gasteiger partial charge in [0, 0.05) is 5.56 Å². The molecule has 0 amide bonds. The van der Waals surface area contributed by atoms with Gasteiger partial charge in [0.15, 0.2) is 11.6 Å². The minimum absolute atomic E-state index is 0.0481. The van der Waals surface area contributed by atoms with Crippen LogP contribution in [0.4, 0.5) is 4.39 Å². The zero-order chi connectivity index (χ0) is 10.8. The van der Waals surface area contributed by atoms with Crippen molar-refractivity contribution in [2.75, 3.05) is 7.11 Å². The summed E-state index contributed by atoms with van der Waals surface area (Å²) in [6.07, 6.45) is 1.52. The lowest BCUT2D eigenvalue weighted by atomic mass is 10.1. The lowest BCUT2D eigenvalue weighted by Crippen LogP contribution is -1.90. The molecule has 0 spiro atoms. The van der Waals surface area contributed by atoms with Gasteiger partial charge in [-0.2, -0.15) is 0 Å². The van der Waals surface area contributed by atoms with Crippen molar-refractivity contribution in [1.29, 1.82) is 0 Å². The van der Waals surface area contributed by atoms with E-state index in [1.807, 2.05) is 0 Å². The van der Waals surface area contributed by atoms with E-state index in [1.54, 1.807) is 18.2 Å². The van der Waals surface area contributed by atoms with Crippen LogP contribution in [0.25, 0.3) is 11.3 Å². The average molecular weight is 227 g/mol. The molecule has 2 nitrogen and oxygen atoms in total. The molecular formula is C11H8ClFO2. The van der Waals surface area contributed by atoms with E-state index >= 15 is 0 Å². The second-order valence-corrected chi connectivity index (χ2v) is 3.36. The van der Waals surface area contributed by atoms with E-state index in [9.17, 15) is 4.39 Å². The summed E-state index contributed by atoms with van der Waals surface area (Å²) in [7, 11) is 1.37. The van der Waals surface area contributed by atoms with Crippen LogP contribution in [-0.2, 0) is 0 Å². The summed E-state index contributed by atoms with van der Waals surface area (Å²) in [6.45, 7) is 0. The van der Waals surface area contributed by atoms with Crippen molar-refractivity contribution in [2.24, 2.45) is 0 Å². The summed E-state index contributed by atoms with van der Waals surface area (Å²) in [5, 5.41) is 0.226. The molecule has 0 aliphatic heterocycles. The molecular weight excluding hydrogens is 219 g/mol. The Morgan fingerprint density at radius 3 is 2.73 bits per heavy atom. The highest BCUT2D eigenvalue weighted by Crippen LogP contribution is 2.33. The van der Waals surface area contributed by atoms with Gasteiger partial charge in [0.25, 0.3) is 0 Å². The first kappa shape index (κ1) is 10.1. The van der Waals surface area contributed by atoms with Gasteiger partial charge in [-0.3, -0.25) is 0 Å². The second-order valence-electron chi connectivity index (χ2n) is 2.95. The largest absolute Gasteiger partial charge is 0.492 e. The number of halogens is 2. The fourth-order valence-corrected chi connectivity index (χ4v) is 1.62. The van der Waals surface area contributed by atoms with E-state index in [0.717, 1.165) is 0 Å². The molecule has 78 valence electrons. The fraction of sp³-hybridized carbons (Fsp3) is 0.0909. The zero-order valence-corrected chi connectivity index (χ0v) is 8.72. The van der Waals surface area contributed by atoms with Crippen LogP contribution in [0, 0.1) is 5.82 Å². The molecule has 2 aromatic rings. The summed E-state index contributed by atoms with van der Waals surface area (Å²) < 4.78 is 23.4. The van der Waals surface area contributed by atoms with Crippen molar-refractivity contribution in [3.8, 4) is 17.1 Å². The molecule has 0 bridgehead atoms. The van der Waals surface area contributed by atoms with Crippen LogP contribution in [0.3, 0.4) is 0 Å². The van der Waals surface area contributed by atoms with Crippen LogP contribution in [0.1, 0.15) is 0 Å². The van der Waals surface area contributed by atoms with Gasteiger partial charge in [0.05, 0.1) is 18.4 Å². The van der Waals surface area contributed by atoms with Crippen LogP contribution in [0.2, 0.25) is 5.02 Å². The van der Waals surface area contributed by atoms with Crippen LogP contribution < -0.4 is 4.74 Å². The number of hydrogen-bond acceptors (Lipinski definition) is 2. The maximum atomic E-state index is 13.5. The Hall–Kier alpha value is -1.48. The van der Waals surface area contributed by atoms with E-state index in [2.05, 4.69) is 0 Å². The molecule has 0 aliphatic carbocycles. The third-order valence-corrected chi connectivity index (χ3v) is 2.29. The molecule has 0 atom stereocenters. The highest BCUT2D eigenvalue weighted by Gasteiger charge is 2.11. The van der Waals surface area contributed by atoms with Gasteiger partial charge >= 0.3 is 0 Å². The maximum Gasteiger partial charge on any atom is 0.173 e. The lowest BCUT2D eigenvalue weighted by Gasteiger charge is -2.05. The van der Waals surface area contributed by atoms with E-state index in [4.69, 9.17) is 20.8 Å². The number of furan rings is 1. The van der Waals surface area contributed by atoms with Crippen molar-refractivity contribution in [3.05, 3.63) is 41.4 Å². The Morgan fingerprint density at radius 2 is 2.20 bits per heavy atom. The maximum absolute atomic E-state index is 13.5. The molecule has 15 heavy (non-hydrogen) atoms. The monoisotopic (exact) mass is 226 g/mol. The van der Waals surface area contributed by atoms with Crippen molar-refractivity contribution in [2.45, 2.75) is 0 Å². The third kappa shape index (κ3) is 1.83. The van der Waals surface area contributed by atoms with Crippen molar-refractivity contribution in [1.82, 2.24) is 0 Å². The summed E-state index contributed by atoms with van der Waals surface area (Å²) in [6, 6.07) is 6.38. The van der Waals surface area contributed by atoms with Crippen LogP contribution in [0.5, 0.6) is 5.75 Å². The summed E-state index contributed by atoms with van der Waals surface area (Å²) >= 11 is 5.85. The van der Waals surface area contributed by atoms with Gasteiger partial charge in [-0.15, -0.1) is 0 Å². The van der Waals surface area contributed by atoms with Crippen LogP contribution >= 0.6 is 11.6 Å². The molecule has 0 saturated heterocycles. The van der Waals surface area contributed by atoms with Gasteiger partial charge < -0.3 is 9.15 Å². The minimum Gasteiger partial charge on any atom is -0.492 e. The normalized spacial score (nSPS) is 10.3. The molecule has 1 aromatic carbocycles. The number of rotatable bonds is 2. The lowest BCUT2D eigenvalue weighted by molar-refractivity contribution is 0.387. The van der Waals surface area contributed by atoms with Gasteiger partial charge in [-0.25, -0.2) is 4.39 Å². The predicted octanol–water partition coefficient (Wildman–Crippen LogP) is 3.75. The number of hydrogen-bond donors (Lipinski definition) is 0. The molecule has 2 rings (SSSR count). The standard InChI is InChI=1S/C11H8ClFO2/c1-14-11-8(12)5-7(6-9(11)13)10-3-2-4-15-10/h2-6H,1H3. The minimum atomic E-state index is -0.503. The topological polar surface area (TPSA) is 22.4 Å². The number of methoxy groups -OCH3 is 1. The number of ether oxygens (including phenoxy) is 1. The molecule has 4 heteroatoms. The van der Waals surface area contributed by atoms with Gasteiger partial charge in [0.1, 0.15) is 5.76 Å². The second kappa shape index (κ2) is 3.95. The summed E-state index contributed by atoms with van der Waals surface area (Å²) in [5.41, 5.74) is 0.586. The van der Waals surface area contributed by atoms with Gasteiger partial charge in [-0.1, -0.05) is 11.6 Å². The molecule has 1 aromatic heterocycles. The Bertz CT molecular complexity index is 442. The molecule has 0 fully saturated rings. The molecule has 0 saturated carbocycles. The smallest absolute Gasteiger partial charge is 0.173 e. The molecule has 0 N–H and O–H groups in total. The van der Waals surface area contributed by atoms with E-state index in [0.29, 0.717) is 11.3 Å². The first-order chi connectivity index (χ1) is 7.22. The fourth-order valence-electron chi connectivity index (χ4n) is 1.34. The summed E-state index contributed by atoms with van der Waals surface area (Å²) in [5.74, 6) is 0.113. The van der Waals surface area contributed by atoms with Crippen LogP contribution in [-0.4, -0.2) is 7.11 Å². The zero-order valence-electron chi connectivity index (χ0n) is 7.96. The van der Waals surface area contributed by atoms with E-state index < -0.39 is 5.82 Å². The van der Waals surface area contributed by atoms with E-state index in [-0.39, 0.29) is 10.8 Å². The SMILES string of the molecule is COc1c(F)cc(-c2ccco2)cc1Cl. The van der Waals surface area contributed by atoms with Crippen molar-refractivity contribution >= 4 is 11.6 Å². The summed E-state index contributed by atoms with van der Waals surface area (Å²) in [4.78, 5) is 0. The predicted molar refractivity (Wildman–Crippen MR) is 55.7 cm³/mol. The first-order valence-corrected chi connectivity index (χ1v) is 4.67. The quantitative estimate of drug-likeness (QED) is 0.778. The Balaban J connectivity index is 2.53. The first-order valence-electron chi connectivity index (χ1n) is 4.29. The van der Waals surface area contributed by atoms with Gasteiger partial charge in [-0.05, 0) is 24.3 Å². The average Bonchev–Trinajstić information content (AvgIpc) is 2.69. The van der Waals surface area contributed by atoms with Crippen molar-refractivity contribution < 1.29 is 13.5 Å². The molecule has 0 radical (unpaired) electrons. The molecule has 1 heterocycles. The molecule has 0 unspecified atom stereocenters. The van der Waals surface area contributed by atoms with Crippen molar-refractivity contribution in [3.63, 3.8) is 0 Å². The Kier molecular flexibility index (Phi) is 2.64. The van der Waals surface area contributed by atoms with Gasteiger partial charge in [0.2, 0.25) is 0 Å². The third-order valence-electron chi connectivity index (χ3n) is 2.01. The number of benzene rings is 1. The highest BCUT2D eigenvalue weighted by atomic mass is 35.5. The Labute approximate surface area is 91.2 Å². The van der Waals surface area contributed by atoms with E-state index in [1.165, 1.54) is 19.4 Å². The molecule has 0 aliphatic rings. The Morgan fingerprint density at radius 1 is 1.40 bits per heavy atom.